The van der Waals surface area contributed by atoms with Crippen LogP contribution in [0.3, 0.4) is 0 Å². The summed E-state index contributed by atoms with van der Waals surface area (Å²) in [6, 6.07) is 10.3. The minimum Gasteiger partial charge on any atom is -0.461 e. The third kappa shape index (κ3) is 5.81. The zero-order valence-corrected chi connectivity index (χ0v) is 17.8. The SMILES string of the molecule is COCCOc1nc(N)c2[nH]c(=O)n(Cc3ccc(CN(C)CCCC#N)cc3)c2n1. The molecule has 0 saturated carbocycles. The van der Waals surface area contributed by atoms with Gasteiger partial charge in [0.15, 0.2) is 11.5 Å². The van der Waals surface area contributed by atoms with Gasteiger partial charge < -0.3 is 25.1 Å². The topological polar surface area (TPSA) is 135 Å². The van der Waals surface area contributed by atoms with Crippen molar-refractivity contribution in [1.82, 2.24) is 24.4 Å². The summed E-state index contributed by atoms with van der Waals surface area (Å²) in [5, 5.41) is 8.65. The van der Waals surface area contributed by atoms with Crippen molar-refractivity contribution >= 4 is 17.0 Å². The maximum atomic E-state index is 12.5. The van der Waals surface area contributed by atoms with E-state index in [-0.39, 0.29) is 24.1 Å². The van der Waals surface area contributed by atoms with E-state index in [1.807, 2.05) is 31.3 Å². The fraction of sp³-hybridized carbons (Fsp3) is 0.429. The lowest BCUT2D eigenvalue weighted by Crippen LogP contribution is -2.19. The van der Waals surface area contributed by atoms with E-state index in [0.29, 0.717) is 30.7 Å². The molecule has 0 aliphatic heterocycles. The van der Waals surface area contributed by atoms with Gasteiger partial charge in [-0.3, -0.25) is 4.57 Å². The first-order chi connectivity index (χ1) is 15.0. The minimum atomic E-state index is -0.314. The number of nitrogens with zero attached hydrogens (tertiary/aromatic N) is 5. The molecule has 2 aromatic heterocycles. The highest BCUT2D eigenvalue weighted by Gasteiger charge is 2.15. The lowest BCUT2D eigenvalue weighted by molar-refractivity contribution is 0.141. The molecule has 3 rings (SSSR count). The fourth-order valence-electron chi connectivity index (χ4n) is 3.21. The van der Waals surface area contributed by atoms with Gasteiger partial charge in [-0.05, 0) is 31.1 Å². The Labute approximate surface area is 180 Å². The molecule has 10 heteroatoms. The van der Waals surface area contributed by atoms with E-state index in [0.717, 1.165) is 30.6 Å². The van der Waals surface area contributed by atoms with Crippen molar-refractivity contribution in [1.29, 1.82) is 5.26 Å². The summed E-state index contributed by atoms with van der Waals surface area (Å²) in [4.78, 5) is 25.8. The Morgan fingerprint density at radius 2 is 1.97 bits per heavy atom. The van der Waals surface area contributed by atoms with Gasteiger partial charge in [0.05, 0.1) is 19.2 Å². The van der Waals surface area contributed by atoms with Crippen LogP contribution < -0.4 is 16.2 Å². The van der Waals surface area contributed by atoms with Crippen LogP contribution in [0, 0.1) is 11.3 Å². The highest BCUT2D eigenvalue weighted by Crippen LogP contribution is 2.19. The minimum absolute atomic E-state index is 0.101. The van der Waals surface area contributed by atoms with E-state index in [1.165, 1.54) is 4.57 Å². The molecule has 0 bridgehead atoms. The van der Waals surface area contributed by atoms with Crippen molar-refractivity contribution in [2.75, 3.05) is 39.6 Å². The van der Waals surface area contributed by atoms with Gasteiger partial charge in [0.25, 0.3) is 0 Å². The molecule has 3 N–H and O–H groups in total. The van der Waals surface area contributed by atoms with Crippen LogP contribution in [-0.4, -0.2) is 58.3 Å². The number of methoxy groups -OCH3 is 1. The number of fused-ring (bicyclic) bond motifs is 1. The van der Waals surface area contributed by atoms with E-state index < -0.39 is 0 Å². The zero-order chi connectivity index (χ0) is 22.2. The number of hydrogen-bond donors (Lipinski definition) is 2. The van der Waals surface area contributed by atoms with Crippen molar-refractivity contribution in [2.24, 2.45) is 0 Å². The number of ether oxygens (including phenoxy) is 2. The molecule has 0 aliphatic carbocycles. The molecule has 10 nitrogen and oxygen atoms in total. The Morgan fingerprint density at radius 1 is 1.23 bits per heavy atom. The van der Waals surface area contributed by atoms with E-state index in [1.54, 1.807) is 7.11 Å². The average Bonchev–Trinajstić information content (AvgIpc) is 3.06. The fourth-order valence-corrected chi connectivity index (χ4v) is 3.21. The Morgan fingerprint density at radius 3 is 2.68 bits per heavy atom. The van der Waals surface area contributed by atoms with E-state index in [9.17, 15) is 4.79 Å². The maximum absolute atomic E-state index is 12.5. The molecule has 2 heterocycles. The number of nitrogen functional groups attached to an aromatic ring is 1. The van der Waals surface area contributed by atoms with Gasteiger partial charge in [-0.2, -0.15) is 15.2 Å². The standard InChI is InChI=1S/C21H27N7O3/c1-27(10-4-3-9-22)13-15-5-7-16(8-6-15)14-28-19-17(24-21(28)29)18(23)25-20(26-19)31-12-11-30-2/h5-8H,3-4,10-14H2,1-2H3,(H,24,29)(H2,23,25,26). The third-order valence-electron chi connectivity index (χ3n) is 4.79. The summed E-state index contributed by atoms with van der Waals surface area (Å²) in [5.74, 6) is 0.156. The lowest BCUT2D eigenvalue weighted by atomic mass is 10.1. The average molecular weight is 425 g/mol. The number of H-pyrrole nitrogens is 1. The predicted molar refractivity (Wildman–Crippen MR) is 117 cm³/mol. The second-order valence-corrected chi connectivity index (χ2v) is 7.26. The summed E-state index contributed by atoms with van der Waals surface area (Å²) >= 11 is 0. The molecule has 1 aromatic carbocycles. The molecule has 0 unspecified atom stereocenters. The third-order valence-corrected chi connectivity index (χ3v) is 4.79. The largest absolute Gasteiger partial charge is 0.461 e. The van der Waals surface area contributed by atoms with Crippen LogP contribution in [0.5, 0.6) is 6.01 Å². The van der Waals surface area contributed by atoms with Crippen molar-refractivity contribution in [3.63, 3.8) is 0 Å². The van der Waals surface area contributed by atoms with Crippen LogP contribution in [0.1, 0.15) is 24.0 Å². The Balaban J connectivity index is 1.74. The molecule has 0 amide bonds. The molecule has 31 heavy (non-hydrogen) atoms. The normalized spacial score (nSPS) is 11.2. The van der Waals surface area contributed by atoms with E-state index in [2.05, 4.69) is 25.9 Å². The number of benzene rings is 1. The molecule has 164 valence electrons. The number of anilines is 1. The summed E-state index contributed by atoms with van der Waals surface area (Å²) in [6.45, 7) is 2.68. The van der Waals surface area contributed by atoms with Gasteiger partial charge in [0.2, 0.25) is 0 Å². The maximum Gasteiger partial charge on any atom is 0.328 e. The second-order valence-electron chi connectivity index (χ2n) is 7.26. The van der Waals surface area contributed by atoms with Crippen LogP contribution in [-0.2, 0) is 17.8 Å². The monoisotopic (exact) mass is 425 g/mol. The van der Waals surface area contributed by atoms with Gasteiger partial charge in [-0.15, -0.1) is 0 Å². The van der Waals surface area contributed by atoms with Gasteiger partial charge in [0, 0.05) is 20.1 Å². The van der Waals surface area contributed by atoms with Crippen LogP contribution >= 0.6 is 0 Å². The van der Waals surface area contributed by atoms with Crippen molar-refractivity contribution in [2.45, 2.75) is 25.9 Å². The summed E-state index contributed by atoms with van der Waals surface area (Å²) in [7, 11) is 3.61. The van der Waals surface area contributed by atoms with Gasteiger partial charge >= 0.3 is 11.7 Å². The second kappa shape index (κ2) is 10.6. The number of rotatable bonds is 11. The number of nitrogens with two attached hydrogens (primary N) is 1. The molecule has 0 radical (unpaired) electrons. The first-order valence-corrected chi connectivity index (χ1v) is 10.0. The molecule has 0 atom stereocenters. The quantitative estimate of drug-likeness (QED) is 0.441. The molecule has 0 saturated heterocycles. The number of aromatic amines is 1. The van der Waals surface area contributed by atoms with E-state index >= 15 is 0 Å². The van der Waals surface area contributed by atoms with Crippen molar-refractivity contribution in [3.8, 4) is 12.1 Å². The highest BCUT2D eigenvalue weighted by molar-refractivity contribution is 5.81. The summed E-state index contributed by atoms with van der Waals surface area (Å²) in [6.07, 6.45) is 1.42. The smallest absolute Gasteiger partial charge is 0.328 e. The zero-order valence-electron chi connectivity index (χ0n) is 17.8. The number of unbranched alkanes of at least 4 members (excludes halogenated alkanes) is 1. The summed E-state index contributed by atoms with van der Waals surface area (Å²) < 4.78 is 11.9. The Bertz CT molecular complexity index is 1100. The Kier molecular flexibility index (Phi) is 7.59. The number of nitrogens with one attached hydrogen (secondary N) is 1. The first-order valence-electron chi connectivity index (χ1n) is 10.0. The van der Waals surface area contributed by atoms with E-state index in [4.69, 9.17) is 20.5 Å². The van der Waals surface area contributed by atoms with Gasteiger partial charge in [-0.1, -0.05) is 24.3 Å². The number of nitriles is 1. The van der Waals surface area contributed by atoms with Crippen LogP contribution in [0.2, 0.25) is 0 Å². The number of aromatic nitrogens is 4. The molecular formula is C21H27N7O3. The predicted octanol–water partition coefficient (Wildman–Crippen LogP) is 1.51. The van der Waals surface area contributed by atoms with Crippen LogP contribution in [0.25, 0.3) is 11.2 Å². The van der Waals surface area contributed by atoms with Crippen molar-refractivity contribution in [3.05, 3.63) is 45.9 Å². The first kappa shape index (κ1) is 22.3. The molecular weight excluding hydrogens is 398 g/mol. The summed E-state index contributed by atoms with van der Waals surface area (Å²) in [5.41, 5.74) is 8.57. The molecule has 0 spiro atoms. The van der Waals surface area contributed by atoms with Crippen LogP contribution in [0.15, 0.2) is 29.1 Å². The molecule has 0 aliphatic rings. The van der Waals surface area contributed by atoms with Gasteiger partial charge in [-0.25, -0.2) is 4.79 Å². The number of hydrogen-bond acceptors (Lipinski definition) is 8. The molecule has 3 aromatic rings. The Hall–Kier alpha value is -3.42. The van der Waals surface area contributed by atoms with Crippen LogP contribution in [0.4, 0.5) is 5.82 Å². The van der Waals surface area contributed by atoms with Crippen molar-refractivity contribution < 1.29 is 9.47 Å². The molecule has 0 fully saturated rings. The lowest BCUT2D eigenvalue weighted by Gasteiger charge is -2.16. The highest BCUT2D eigenvalue weighted by atomic mass is 16.5. The number of imidazole rings is 1. The van der Waals surface area contributed by atoms with Gasteiger partial charge in [0.1, 0.15) is 12.1 Å².